The molecular formula is C15H15BrF2N2O. The maximum Gasteiger partial charge on any atom is 0.217 e. The summed E-state index contributed by atoms with van der Waals surface area (Å²) in [6.45, 7) is 0. The monoisotopic (exact) mass is 356 g/mol. The van der Waals surface area contributed by atoms with E-state index < -0.39 is 11.6 Å². The predicted molar refractivity (Wildman–Crippen MR) is 80.4 cm³/mol. The van der Waals surface area contributed by atoms with E-state index in [2.05, 4.69) is 26.2 Å². The third-order valence-electron chi connectivity index (χ3n) is 3.26. The summed E-state index contributed by atoms with van der Waals surface area (Å²) in [5.41, 5.74) is 0.774. The van der Waals surface area contributed by atoms with Gasteiger partial charge in [-0.1, -0.05) is 6.07 Å². The number of nitrogens with one attached hydrogen (secondary N) is 1. The zero-order valence-corrected chi connectivity index (χ0v) is 13.2. The first-order valence-corrected chi connectivity index (χ1v) is 7.16. The highest BCUT2D eigenvalue weighted by atomic mass is 79.9. The first kappa shape index (κ1) is 15.9. The second-order valence-corrected chi connectivity index (χ2v) is 5.32. The summed E-state index contributed by atoms with van der Waals surface area (Å²) in [4.78, 5) is 4.11. The average molecular weight is 357 g/mol. The Morgan fingerprint density at radius 1 is 1.33 bits per heavy atom. The fraction of sp³-hybridized carbons (Fsp3) is 0.267. The molecule has 1 atom stereocenters. The lowest BCUT2D eigenvalue weighted by atomic mass is 9.99. The number of nitrogens with zero attached hydrogens (tertiary/aromatic N) is 1. The van der Waals surface area contributed by atoms with Crippen LogP contribution < -0.4 is 10.1 Å². The zero-order chi connectivity index (χ0) is 15.4. The van der Waals surface area contributed by atoms with Gasteiger partial charge in [-0.05, 0) is 47.6 Å². The van der Waals surface area contributed by atoms with Crippen molar-refractivity contribution in [2.45, 2.75) is 12.5 Å². The van der Waals surface area contributed by atoms with Gasteiger partial charge in [-0.3, -0.25) is 0 Å². The van der Waals surface area contributed by atoms with E-state index in [4.69, 9.17) is 4.74 Å². The molecule has 0 aliphatic rings. The number of aromatic nitrogens is 1. The van der Waals surface area contributed by atoms with Crippen LogP contribution in [0.3, 0.4) is 0 Å². The van der Waals surface area contributed by atoms with Crippen molar-refractivity contribution in [3.63, 3.8) is 0 Å². The number of ether oxygens (including phenoxy) is 1. The van der Waals surface area contributed by atoms with E-state index in [1.54, 1.807) is 19.3 Å². The quantitative estimate of drug-likeness (QED) is 0.830. The van der Waals surface area contributed by atoms with Gasteiger partial charge in [-0.25, -0.2) is 13.8 Å². The predicted octanol–water partition coefficient (Wildman–Crippen LogP) is 3.63. The molecule has 2 aromatic rings. The number of hydrogen-bond acceptors (Lipinski definition) is 3. The smallest absolute Gasteiger partial charge is 0.217 e. The minimum absolute atomic E-state index is 0.0228. The molecule has 21 heavy (non-hydrogen) atoms. The molecule has 0 saturated heterocycles. The van der Waals surface area contributed by atoms with Gasteiger partial charge in [-0.2, -0.15) is 0 Å². The van der Waals surface area contributed by atoms with Crippen LogP contribution in [-0.4, -0.2) is 19.1 Å². The van der Waals surface area contributed by atoms with Gasteiger partial charge in [0, 0.05) is 23.4 Å². The summed E-state index contributed by atoms with van der Waals surface area (Å²) in [5.74, 6) is -0.718. The van der Waals surface area contributed by atoms with Gasteiger partial charge in [0.25, 0.3) is 0 Å². The fourth-order valence-electron chi connectivity index (χ4n) is 2.17. The van der Waals surface area contributed by atoms with Crippen LogP contribution in [0.4, 0.5) is 8.78 Å². The summed E-state index contributed by atoms with van der Waals surface area (Å²) < 4.78 is 33.4. The van der Waals surface area contributed by atoms with Crippen molar-refractivity contribution in [1.29, 1.82) is 0 Å². The first-order valence-electron chi connectivity index (χ1n) is 6.37. The Hall–Kier alpha value is -1.53. The average Bonchev–Trinajstić information content (AvgIpc) is 2.51. The lowest BCUT2D eigenvalue weighted by Crippen LogP contribution is -2.21. The second-order valence-electron chi connectivity index (χ2n) is 4.47. The Balaban J connectivity index is 2.38. The highest BCUT2D eigenvalue weighted by molar-refractivity contribution is 9.10. The fourth-order valence-corrected chi connectivity index (χ4v) is 2.54. The van der Waals surface area contributed by atoms with Crippen LogP contribution in [0.2, 0.25) is 0 Å². The van der Waals surface area contributed by atoms with Crippen LogP contribution in [0, 0.1) is 11.6 Å². The minimum Gasteiger partial charge on any atom is -0.481 e. The number of likely N-dealkylation sites (N-methyl/N-ethyl adjacent to an activating group) is 1. The van der Waals surface area contributed by atoms with Crippen LogP contribution >= 0.6 is 15.9 Å². The largest absolute Gasteiger partial charge is 0.481 e. The molecule has 1 aromatic heterocycles. The molecule has 0 amide bonds. The van der Waals surface area contributed by atoms with Gasteiger partial charge in [0.05, 0.1) is 11.6 Å². The molecule has 1 aromatic carbocycles. The molecule has 0 spiro atoms. The molecule has 0 radical (unpaired) electrons. The molecule has 112 valence electrons. The van der Waals surface area contributed by atoms with Gasteiger partial charge in [0.15, 0.2) is 0 Å². The van der Waals surface area contributed by atoms with Gasteiger partial charge in [-0.15, -0.1) is 0 Å². The number of rotatable bonds is 5. The van der Waals surface area contributed by atoms with E-state index in [-0.39, 0.29) is 22.5 Å². The summed E-state index contributed by atoms with van der Waals surface area (Å²) >= 11 is 3.08. The number of hydrogen-bond donors (Lipinski definition) is 1. The molecule has 1 N–H and O–H groups in total. The summed E-state index contributed by atoms with van der Waals surface area (Å²) in [5, 5.41) is 3.05. The topological polar surface area (TPSA) is 34.2 Å². The molecule has 3 nitrogen and oxygen atoms in total. The normalized spacial score (nSPS) is 12.2. The first-order chi connectivity index (χ1) is 10.1. The van der Waals surface area contributed by atoms with Crippen molar-refractivity contribution in [3.8, 4) is 5.88 Å². The third-order valence-corrected chi connectivity index (χ3v) is 3.88. The summed E-state index contributed by atoms with van der Waals surface area (Å²) in [6, 6.07) is 5.87. The van der Waals surface area contributed by atoms with Gasteiger partial charge in [0.2, 0.25) is 5.88 Å². The number of benzene rings is 1. The van der Waals surface area contributed by atoms with Crippen LogP contribution in [-0.2, 0) is 6.42 Å². The van der Waals surface area contributed by atoms with E-state index in [0.29, 0.717) is 5.88 Å². The van der Waals surface area contributed by atoms with E-state index in [9.17, 15) is 8.78 Å². The Morgan fingerprint density at radius 2 is 2.10 bits per heavy atom. The molecule has 0 aliphatic carbocycles. The molecule has 2 rings (SSSR count). The maximum atomic E-state index is 14.1. The van der Waals surface area contributed by atoms with Crippen molar-refractivity contribution in [2.24, 2.45) is 0 Å². The Kier molecular flexibility index (Phi) is 5.25. The van der Waals surface area contributed by atoms with E-state index in [0.717, 1.165) is 5.56 Å². The van der Waals surface area contributed by atoms with Gasteiger partial charge in [0.1, 0.15) is 11.6 Å². The van der Waals surface area contributed by atoms with Crippen molar-refractivity contribution in [2.75, 3.05) is 14.2 Å². The third kappa shape index (κ3) is 3.39. The van der Waals surface area contributed by atoms with Crippen molar-refractivity contribution in [1.82, 2.24) is 10.3 Å². The second kappa shape index (κ2) is 6.95. The molecule has 1 heterocycles. The summed E-state index contributed by atoms with van der Waals surface area (Å²) in [7, 11) is 3.24. The standard InChI is InChI=1S/C15H15BrF2N2O/c1-19-13(9-4-3-7-20-15(9)21-2)8-10-12(17)6-5-11(16)14(10)18/h3-7,13,19H,8H2,1-2H3. The highest BCUT2D eigenvalue weighted by Gasteiger charge is 2.21. The summed E-state index contributed by atoms with van der Waals surface area (Å²) in [6.07, 6.45) is 1.75. The van der Waals surface area contributed by atoms with E-state index in [1.807, 2.05) is 6.07 Å². The lowest BCUT2D eigenvalue weighted by Gasteiger charge is -2.19. The minimum atomic E-state index is -0.585. The van der Waals surface area contributed by atoms with Crippen LogP contribution in [0.25, 0.3) is 0 Å². The molecule has 0 aliphatic heterocycles. The van der Waals surface area contributed by atoms with Gasteiger partial charge < -0.3 is 10.1 Å². The molecule has 1 unspecified atom stereocenters. The molecule has 0 saturated carbocycles. The zero-order valence-electron chi connectivity index (χ0n) is 11.7. The maximum absolute atomic E-state index is 14.1. The molecular weight excluding hydrogens is 342 g/mol. The SMILES string of the molecule is CNC(Cc1c(F)ccc(Br)c1F)c1cccnc1OC. The Labute approximate surface area is 130 Å². The molecule has 6 heteroatoms. The Morgan fingerprint density at radius 3 is 2.76 bits per heavy atom. The van der Waals surface area contributed by atoms with Crippen LogP contribution in [0.15, 0.2) is 34.9 Å². The van der Waals surface area contributed by atoms with Crippen LogP contribution in [0.1, 0.15) is 17.2 Å². The number of pyridine rings is 1. The van der Waals surface area contributed by atoms with Crippen molar-refractivity contribution < 1.29 is 13.5 Å². The van der Waals surface area contributed by atoms with Crippen molar-refractivity contribution >= 4 is 15.9 Å². The Bertz CT molecular complexity index is 637. The van der Waals surface area contributed by atoms with Crippen molar-refractivity contribution in [3.05, 3.63) is 57.7 Å². The number of methoxy groups -OCH3 is 1. The van der Waals surface area contributed by atoms with E-state index >= 15 is 0 Å². The van der Waals surface area contributed by atoms with Crippen LogP contribution in [0.5, 0.6) is 5.88 Å². The number of halogens is 3. The molecule has 0 bridgehead atoms. The van der Waals surface area contributed by atoms with Gasteiger partial charge >= 0.3 is 0 Å². The molecule has 0 fully saturated rings. The lowest BCUT2D eigenvalue weighted by molar-refractivity contribution is 0.383. The highest BCUT2D eigenvalue weighted by Crippen LogP contribution is 2.29. The van der Waals surface area contributed by atoms with E-state index in [1.165, 1.54) is 19.2 Å².